The molecule has 0 bridgehead atoms. The van der Waals surface area contributed by atoms with Crippen LogP contribution in [0.3, 0.4) is 0 Å². The molecular weight excluding hydrogens is 200 g/mol. The maximum Gasteiger partial charge on any atom is 0.323 e. The molecule has 0 atom stereocenters. The van der Waals surface area contributed by atoms with Crippen molar-refractivity contribution < 1.29 is 4.79 Å². The molecule has 0 saturated carbocycles. The van der Waals surface area contributed by atoms with Gasteiger partial charge in [0.05, 0.1) is 0 Å². The van der Waals surface area contributed by atoms with Crippen molar-refractivity contribution in [2.24, 2.45) is 0 Å². The highest BCUT2D eigenvalue weighted by atomic mass is 16.2. The Morgan fingerprint density at radius 3 is 2.25 bits per heavy atom. The van der Waals surface area contributed by atoms with E-state index in [-0.39, 0.29) is 11.4 Å². The van der Waals surface area contributed by atoms with Crippen molar-refractivity contribution in [2.75, 3.05) is 5.32 Å². The molecule has 0 heterocycles. The van der Waals surface area contributed by atoms with Crippen molar-refractivity contribution in [2.45, 2.75) is 26.2 Å². The lowest BCUT2D eigenvalue weighted by atomic mass is 9.87. The Balaban J connectivity index is 2.72. The standard InChI is InChI=1S/C13H18N2O/c1-5-14-12(16)15-11-8-6-10(7-9-11)13(2,3)4/h5-9H,1H2,2-4H3,(H2,14,15,16). The van der Waals surface area contributed by atoms with Crippen molar-refractivity contribution >= 4 is 11.7 Å². The molecule has 3 nitrogen and oxygen atoms in total. The van der Waals surface area contributed by atoms with E-state index in [1.54, 1.807) is 0 Å². The van der Waals surface area contributed by atoms with Gasteiger partial charge >= 0.3 is 6.03 Å². The summed E-state index contributed by atoms with van der Waals surface area (Å²) in [7, 11) is 0. The van der Waals surface area contributed by atoms with E-state index in [0.29, 0.717) is 0 Å². The van der Waals surface area contributed by atoms with E-state index in [4.69, 9.17) is 0 Å². The van der Waals surface area contributed by atoms with Crippen LogP contribution in [0.2, 0.25) is 0 Å². The quantitative estimate of drug-likeness (QED) is 0.786. The number of hydrogen-bond donors (Lipinski definition) is 2. The lowest BCUT2D eigenvalue weighted by Crippen LogP contribution is -2.23. The van der Waals surface area contributed by atoms with Crippen molar-refractivity contribution in [1.82, 2.24) is 5.32 Å². The van der Waals surface area contributed by atoms with E-state index >= 15 is 0 Å². The highest BCUT2D eigenvalue weighted by Gasteiger charge is 2.12. The summed E-state index contributed by atoms with van der Waals surface area (Å²) >= 11 is 0. The van der Waals surface area contributed by atoms with E-state index in [9.17, 15) is 4.79 Å². The zero-order valence-electron chi connectivity index (χ0n) is 10.0. The molecule has 0 aliphatic rings. The summed E-state index contributed by atoms with van der Waals surface area (Å²) in [6.45, 7) is 9.87. The summed E-state index contributed by atoms with van der Waals surface area (Å²) in [5.74, 6) is 0. The first-order valence-electron chi connectivity index (χ1n) is 5.22. The molecule has 2 amide bonds. The zero-order valence-corrected chi connectivity index (χ0v) is 10.0. The number of anilines is 1. The Bertz CT molecular complexity index is 374. The largest absolute Gasteiger partial charge is 0.323 e. The molecule has 0 spiro atoms. The molecule has 3 heteroatoms. The van der Waals surface area contributed by atoms with Gasteiger partial charge in [-0.05, 0) is 29.3 Å². The molecule has 1 aromatic rings. The van der Waals surface area contributed by atoms with Crippen LogP contribution in [0.25, 0.3) is 0 Å². The molecule has 2 N–H and O–H groups in total. The average molecular weight is 218 g/mol. The van der Waals surface area contributed by atoms with E-state index in [0.717, 1.165) is 5.69 Å². The molecule has 86 valence electrons. The summed E-state index contributed by atoms with van der Waals surface area (Å²) < 4.78 is 0. The van der Waals surface area contributed by atoms with Gasteiger partial charge in [0, 0.05) is 5.69 Å². The minimum Gasteiger partial charge on any atom is -0.315 e. The molecule has 0 aromatic heterocycles. The highest BCUT2D eigenvalue weighted by molar-refractivity contribution is 5.89. The summed E-state index contributed by atoms with van der Waals surface area (Å²) in [5, 5.41) is 5.15. The monoisotopic (exact) mass is 218 g/mol. The second-order valence-electron chi connectivity index (χ2n) is 4.63. The van der Waals surface area contributed by atoms with Crippen LogP contribution in [0.1, 0.15) is 26.3 Å². The first-order valence-corrected chi connectivity index (χ1v) is 5.22. The van der Waals surface area contributed by atoms with Crippen molar-refractivity contribution in [1.29, 1.82) is 0 Å². The van der Waals surface area contributed by atoms with Crippen LogP contribution in [0, 0.1) is 0 Å². The Labute approximate surface area is 96.6 Å². The van der Waals surface area contributed by atoms with E-state index in [2.05, 4.69) is 38.0 Å². The third kappa shape index (κ3) is 3.42. The zero-order chi connectivity index (χ0) is 12.2. The first kappa shape index (κ1) is 12.3. The SMILES string of the molecule is C=CNC(=O)Nc1ccc(C(C)(C)C)cc1. The fourth-order valence-electron chi connectivity index (χ4n) is 1.31. The normalized spacial score (nSPS) is 10.7. The molecule has 0 fully saturated rings. The van der Waals surface area contributed by atoms with Crippen LogP contribution < -0.4 is 10.6 Å². The third-order valence-electron chi connectivity index (χ3n) is 2.24. The topological polar surface area (TPSA) is 41.1 Å². The number of carbonyl (C=O) groups is 1. The fraction of sp³-hybridized carbons (Fsp3) is 0.308. The molecule has 0 unspecified atom stereocenters. The Morgan fingerprint density at radius 2 is 1.81 bits per heavy atom. The molecule has 0 saturated heterocycles. The van der Waals surface area contributed by atoms with E-state index in [1.807, 2.05) is 24.3 Å². The third-order valence-corrected chi connectivity index (χ3v) is 2.24. The number of rotatable bonds is 2. The summed E-state index contributed by atoms with van der Waals surface area (Å²) in [5.41, 5.74) is 2.14. The second-order valence-corrected chi connectivity index (χ2v) is 4.63. The predicted octanol–water partition coefficient (Wildman–Crippen LogP) is 3.25. The van der Waals surface area contributed by atoms with Crippen LogP contribution in [-0.4, -0.2) is 6.03 Å². The van der Waals surface area contributed by atoms with Gasteiger partial charge in [0.15, 0.2) is 0 Å². The van der Waals surface area contributed by atoms with Gasteiger partial charge in [-0.25, -0.2) is 4.79 Å². The summed E-state index contributed by atoms with van der Waals surface area (Å²) in [6.07, 6.45) is 1.35. The summed E-state index contributed by atoms with van der Waals surface area (Å²) in [6, 6.07) is 7.54. The molecule has 0 radical (unpaired) electrons. The second kappa shape index (κ2) is 4.84. The van der Waals surface area contributed by atoms with Gasteiger partial charge in [0.25, 0.3) is 0 Å². The smallest absolute Gasteiger partial charge is 0.315 e. The molecular formula is C13H18N2O. The van der Waals surface area contributed by atoms with E-state index in [1.165, 1.54) is 11.8 Å². The first-order chi connectivity index (χ1) is 7.43. The van der Waals surface area contributed by atoms with Gasteiger partial charge in [-0.3, -0.25) is 0 Å². The molecule has 1 aromatic carbocycles. The number of hydrogen-bond acceptors (Lipinski definition) is 1. The number of urea groups is 1. The van der Waals surface area contributed by atoms with Crippen LogP contribution in [0.15, 0.2) is 37.0 Å². The maximum absolute atomic E-state index is 11.2. The minimum atomic E-state index is -0.279. The fourth-order valence-corrected chi connectivity index (χ4v) is 1.31. The van der Waals surface area contributed by atoms with Gasteiger partial charge in [-0.15, -0.1) is 0 Å². The van der Waals surface area contributed by atoms with Gasteiger partial charge < -0.3 is 10.6 Å². The predicted molar refractivity (Wildman–Crippen MR) is 67.5 cm³/mol. The Morgan fingerprint density at radius 1 is 1.25 bits per heavy atom. The Kier molecular flexibility index (Phi) is 3.72. The molecule has 1 rings (SSSR count). The van der Waals surface area contributed by atoms with Crippen molar-refractivity contribution in [3.63, 3.8) is 0 Å². The lowest BCUT2D eigenvalue weighted by Gasteiger charge is -2.19. The van der Waals surface area contributed by atoms with Gasteiger partial charge in [-0.2, -0.15) is 0 Å². The van der Waals surface area contributed by atoms with Gasteiger partial charge in [0.1, 0.15) is 0 Å². The number of amides is 2. The molecule has 0 aliphatic heterocycles. The number of nitrogens with one attached hydrogen (secondary N) is 2. The van der Waals surface area contributed by atoms with Crippen molar-refractivity contribution in [3.05, 3.63) is 42.6 Å². The Hall–Kier alpha value is -1.77. The summed E-state index contributed by atoms with van der Waals surface area (Å²) in [4.78, 5) is 11.2. The number of carbonyl (C=O) groups excluding carboxylic acids is 1. The van der Waals surface area contributed by atoms with Gasteiger partial charge in [0.2, 0.25) is 0 Å². The van der Waals surface area contributed by atoms with Crippen molar-refractivity contribution in [3.8, 4) is 0 Å². The van der Waals surface area contributed by atoms with Crippen LogP contribution in [0.5, 0.6) is 0 Å². The van der Waals surface area contributed by atoms with Crippen LogP contribution in [0.4, 0.5) is 10.5 Å². The molecule has 0 aliphatic carbocycles. The lowest BCUT2D eigenvalue weighted by molar-refractivity contribution is 0.255. The molecule has 16 heavy (non-hydrogen) atoms. The average Bonchev–Trinajstić information content (AvgIpc) is 2.17. The highest BCUT2D eigenvalue weighted by Crippen LogP contribution is 2.23. The minimum absolute atomic E-state index is 0.127. The number of benzene rings is 1. The van der Waals surface area contributed by atoms with E-state index < -0.39 is 0 Å². The van der Waals surface area contributed by atoms with Gasteiger partial charge in [-0.1, -0.05) is 39.5 Å². The van der Waals surface area contributed by atoms with Crippen LogP contribution in [-0.2, 0) is 5.41 Å². The maximum atomic E-state index is 11.2. The van der Waals surface area contributed by atoms with Crippen LogP contribution >= 0.6 is 0 Å².